The number of nitrogens with two attached hydrogens (primary N) is 1. The molecule has 1 saturated carbocycles. The summed E-state index contributed by atoms with van der Waals surface area (Å²) in [7, 11) is -0.829. The van der Waals surface area contributed by atoms with Crippen LogP contribution in [0.25, 0.3) is 0 Å². The van der Waals surface area contributed by atoms with E-state index < -0.39 is 10.8 Å². The first-order chi connectivity index (χ1) is 8.56. The van der Waals surface area contributed by atoms with Crippen molar-refractivity contribution < 1.29 is 4.21 Å². The van der Waals surface area contributed by atoms with Gasteiger partial charge < -0.3 is 5.73 Å². The minimum absolute atomic E-state index is 0.130. The van der Waals surface area contributed by atoms with Gasteiger partial charge in [0.25, 0.3) is 0 Å². The Balaban J connectivity index is 2.06. The molecule has 2 nitrogen and oxygen atoms in total. The molecule has 0 heterocycles. The fraction of sp³-hybridized carbons (Fsp3) is 0.600. The van der Waals surface area contributed by atoms with Gasteiger partial charge in [0.05, 0.1) is 5.25 Å². The molecule has 3 heteroatoms. The summed E-state index contributed by atoms with van der Waals surface area (Å²) < 4.78 is 12.4. The molecule has 2 N–H and O–H groups in total. The summed E-state index contributed by atoms with van der Waals surface area (Å²) in [5.74, 6) is 0.654. The zero-order valence-electron chi connectivity index (χ0n) is 11.3. The monoisotopic (exact) mass is 265 g/mol. The van der Waals surface area contributed by atoms with Crippen LogP contribution >= 0.6 is 0 Å². The first-order valence-electron chi connectivity index (χ1n) is 6.76. The molecule has 3 atom stereocenters. The Hall–Kier alpha value is -0.670. The highest BCUT2D eigenvalue weighted by Crippen LogP contribution is 2.23. The molecule has 1 aliphatic rings. The van der Waals surface area contributed by atoms with E-state index in [1.54, 1.807) is 0 Å². The van der Waals surface area contributed by atoms with Gasteiger partial charge in [-0.05, 0) is 32.3 Å². The predicted molar refractivity (Wildman–Crippen MR) is 78.0 cm³/mol. The summed E-state index contributed by atoms with van der Waals surface area (Å²) in [4.78, 5) is 0. The molecule has 1 aliphatic carbocycles. The van der Waals surface area contributed by atoms with Crippen molar-refractivity contribution >= 4 is 10.8 Å². The van der Waals surface area contributed by atoms with Crippen LogP contribution in [0.1, 0.15) is 42.4 Å². The molecule has 0 radical (unpaired) electrons. The predicted octanol–water partition coefficient (Wildman–Crippen LogP) is 2.82. The van der Waals surface area contributed by atoms with E-state index in [2.05, 4.69) is 32.0 Å². The molecule has 2 rings (SSSR count). The second-order valence-electron chi connectivity index (χ2n) is 5.51. The van der Waals surface area contributed by atoms with E-state index in [0.717, 1.165) is 12.8 Å². The van der Waals surface area contributed by atoms with E-state index in [0.29, 0.717) is 5.75 Å². The van der Waals surface area contributed by atoms with Gasteiger partial charge >= 0.3 is 0 Å². The topological polar surface area (TPSA) is 43.1 Å². The van der Waals surface area contributed by atoms with Gasteiger partial charge in [-0.2, -0.15) is 0 Å². The SMILES string of the molecule is Cc1cc(C)cc(CS(=O)C2CCCCC2N)c1. The third-order valence-corrected chi connectivity index (χ3v) is 5.56. The Morgan fingerprint density at radius 2 is 1.78 bits per heavy atom. The Kier molecular flexibility index (Phi) is 4.57. The van der Waals surface area contributed by atoms with Crippen molar-refractivity contribution in [2.75, 3.05) is 0 Å². The van der Waals surface area contributed by atoms with Crippen LogP contribution in [-0.4, -0.2) is 15.5 Å². The number of hydrogen-bond donors (Lipinski definition) is 1. The van der Waals surface area contributed by atoms with Gasteiger partial charge in [-0.25, -0.2) is 0 Å². The van der Waals surface area contributed by atoms with Crippen molar-refractivity contribution in [1.29, 1.82) is 0 Å². The largest absolute Gasteiger partial charge is 0.327 e. The molecular formula is C15H23NOS. The molecule has 0 spiro atoms. The van der Waals surface area contributed by atoms with Crippen LogP contribution in [-0.2, 0) is 16.6 Å². The summed E-state index contributed by atoms with van der Waals surface area (Å²) in [5, 5.41) is 0.194. The number of benzene rings is 1. The fourth-order valence-electron chi connectivity index (χ4n) is 2.88. The molecule has 3 unspecified atom stereocenters. The van der Waals surface area contributed by atoms with Gasteiger partial charge in [-0.3, -0.25) is 4.21 Å². The zero-order chi connectivity index (χ0) is 13.1. The summed E-state index contributed by atoms with van der Waals surface area (Å²) in [6.45, 7) is 4.18. The lowest BCUT2D eigenvalue weighted by Crippen LogP contribution is -2.40. The van der Waals surface area contributed by atoms with Crippen LogP contribution in [0, 0.1) is 13.8 Å². The number of aryl methyl sites for hydroxylation is 2. The molecule has 0 aromatic heterocycles. The molecular weight excluding hydrogens is 242 g/mol. The van der Waals surface area contributed by atoms with Crippen LogP contribution in [0.4, 0.5) is 0 Å². The second kappa shape index (κ2) is 5.98. The van der Waals surface area contributed by atoms with Crippen molar-refractivity contribution in [2.24, 2.45) is 5.73 Å². The maximum atomic E-state index is 12.4. The molecule has 0 bridgehead atoms. The highest BCUT2D eigenvalue weighted by molar-refractivity contribution is 7.84. The highest BCUT2D eigenvalue weighted by atomic mass is 32.2. The van der Waals surface area contributed by atoms with E-state index in [4.69, 9.17) is 5.73 Å². The first kappa shape index (κ1) is 13.8. The minimum Gasteiger partial charge on any atom is -0.327 e. The van der Waals surface area contributed by atoms with Crippen molar-refractivity contribution in [3.05, 3.63) is 34.9 Å². The van der Waals surface area contributed by atoms with Gasteiger partial charge in [0.15, 0.2) is 0 Å². The lowest BCUT2D eigenvalue weighted by atomic mass is 9.96. The van der Waals surface area contributed by atoms with Crippen LogP contribution < -0.4 is 5.73 Å². The van der Waals surface area contributed by atoms with E-state index in [-0.39, 0.29) is 11.3 Å². The lowest BCUT2D eigenvalue weighted by Gasteiger charge is -2.27. The van der Waals surface area contributed by atoms with Gasteiger partial charge in [0.2, 0.25) is 0 Å². The Morgan fingerprint density at radius 3 is 2.39 bits per heavy atom. The molecule has 1 aromatic rings. The summed E-state index contributed by atoms with van der Waals surface area (Å²) in [6.07, 6.45) is 4.43. The quantitative estimate of drug-likeness (QED) is 0.913. The standard InChI is InChI=1S/C15H23NOS/c1-11-7-12(2)9-13(8-11)10-18(17)15-6-4-3-5-14(15)16/h7-9,14-15H,3-6,10,16H2,1-2H3. The summed E-state index contributed by atoms with van der Waals surface area (Å²) in [5.41, 5.74) is 9.77. The minimum atomic E-state index is -0.829. The van der Waals surface area contributed by atoms with E-state index in [9.17, 15) is 4.21 Å². The van der Waals surface area contributed by atoms with Crippen molar-refractivity contribution in [3.63, 3.8) is 0 Å². The third kappa shape index (κ3) is 3.42. The Morgan fingerprint density at radius 1 is 1.17 bits per heavy atom. The molecule has 0 amide bonds. The van der Waals surface area contributed by atoms with Crippen molar-refractivity contribution in [2.45, 2.75) is 56.6 Å². The molecule has 18 heavy (non-hydrogen) atoms. The molecule has 1 fully saturated rings. The van der Waals surface area contributed by atoms with E-state index in [1.165, 1.54) is 29.5 Å². The van der Waals surface area contributed by atoms with Crippen LogP contribution in [0.2, 0.25) is 0 Å². The summed E-state index contributed by atoms with van der Waals surface area (Å²) in [6, 6.07) is 6.56. The third-order valence-electron chi connectivity index (χ3n) is 3.68. The van der Waals surface area contributed by atoms with Crippen molar-refractivity contribution in [1.82, 2.24) is 0 Å². The fourth-order valence-corrected chi connectivity index (χ4v) is 4.54. The smallest absolute Gasteiger partial charge is 0.0502 e. The average molecular weight is 265 g/mol. The maximum Gasteiger partial charge on any atom is 0.0502 e. The molecule has 0 saturated heterocycles. The number of rotatable bonds is 3. The molecule has 1 aromatic carbocycles. The van der Waals surface area contributed by atoms with Gasteiger partial charge in [0.1, 0.15) is 0 Å². The normalized spacial score (nSPS) is 25.9. The van der Waals surface area contributed by atoms with Gasteiger partial charge in [-0.1, -0.05) is 42.2 Å². The maximum absolute atomic E-state index is 12.4. The second-order valence-corrected chi connectivity index (χ2v) is 7.16. The first-order valence-corrected chi connectivity index (χ1v) is 8.14. The Bertz CT molecular complexity index is 424. The average Bonchev–Trinajstić information content (AvgIpc) is 2.27. The Labute approximate surface area is 112 Å². The summed E-state index contributed by atoms with van der Waals surface area (Å²) >= 11 is 0. The molecule has 0 aliphatic heterocycles. The van der Waals surface area contributed by atoms with Crippen LogP contribution in [0.3, 0.4) is 0 Å². The van der Waals surface area contributed by atoms with Crippen molar-refractivity contribution in [3.8, 4) is 0 Å². The van der Waals surface area contributed by atoms with Crippen LogP contribution in [0.5, 0.6) is 0 Å². The molecule has 100 valence electrons. The zero-order valence-corrected chi connectivity index (χ0v) is 12.1. The highest BCUT2D eigenvalue weighted by Gasteiger charge is 2.26. The lowest BCUT2D eigenvalue weighted by molar-refractivity contribution is 0.445. The van der Waals surface area contributed by atoms with Crippen LogP contribution in [0.15, 0.2) is 18.2 Å². The van der Waals surface area contributed by atoms with Gasteiger partial charge in [-0.15, -0.1) is 0 Å². The van der Waals surface area contributed by atoms with E-state index in [1.807, 2.05) is 0 Å². The van der Waals surface area contributed by atoms with Gasteiger partial charge in [0, 0.05) is 22.6 Å². The number of hydrogen-bond acceptors (Lipinski definition) is 2. The van der Waals surface area contributed by atoms with E-state index >= 15 is 0 Å².